The van der Waals surface area contributed by atoms with Gasteiger partial charge in [0.05, 0.1) is 11.1 Å². The van der Waals surface area contributed by atoms with Gasteiger partial charge in [0.2, 0.25) is 0 Å². The van der Waals surface area contributed by atoms with Crippen molar-refractivity contribution in [3.05, 3.63) is 93.9 Å². The smallest absolute Gasteiger partial charge is 0.263 e. The highest BCUT2D eigenvalue weighted by atomic mass is 32.2. The number of ketones is 1. The number of hydrogen-bond acceptors (Lipinski definition) is 6. The number of fused-ring (bicyclic) bond motifs is 2. The summed E-state index contributed by atoms with van der Waals surface area (Å²) in [4.78, 5) is 32.7. The minimum atomic E-state index is -0.0970. The van der Waals surface area contributed by atoms with Crippen LogP contribution < -0.4 is 5.56 Å². The molecule has 32 heavy (non-hydrogen) atoms. The molecule has 4 nitrogen and oxygen atoms in total. The van der Waals surface area contributed by atoms with E-state index >= 15 is 0 Å². The third-order valence-electron chi connectivity index (χ3n) is 5.16. The fourth-order valence-electron chi connectivity index (χ4n) is 3.60. The Balaban J connectivity index is 1.48. The number of rotatable bonds is 7. The molecule has 0 radical (unpaired) electrons. The van der Waals surface area contributed by atoms with E-state index in [0.717, 1.165) is 21.2 Å². The first-order valence-corrected chi connectivity index (χ1v) is 12.7. The summed E-state index contributed by atoms with van der Waals surface area (Å²) >= 11 is 4.35. The molecule has 0 N–H and O–H groups in total. The first-order chi connectivity index (χ1) is 15.7. The molecule has 0 fully saturated rings. The van der Waals surface area contributed by atoms with Crippen molar-refractivity contribution in [3.63, 3.8) is 0 Å². The fourth-order valence-corrected chi connectivity index (χ4v) is 6.30. The van der Waals surface area contributed by atoms with Crippen molar-refractivity contribution in [2.75, 3.05) is 5.75 Å². The van der Waals surface area contributed by atoms with Gasteiger partial charge in [0.25, 0.3) is 5.56 Å². The van der Waals surface area contributed by atoms with Gasteiger partial charge in [-0.25, -0.2) is 4.98 Å². The second-order valence-corrected chi connectivity index (χ2v) is 9.93. The van der Waals surface area contributed by atoms with E-state index in [4.69, 9.17) is 4.98 Å². The van der Waals surface area contributed by atoms with Crippen LogP contribution in [0.1, 0.15) is 10.4 Å². The Morgan fingerprint density at radius 2 is 1.94 bits per heavy atom. The Hall–Kier alpha value is -3.00. The SMILES string of the molecule is C=CCn1c(SCC(=O)c2ccc3ccccc3c2)nc2scc(-c3cccs3)c2c1=O. The van der Waals surface area contributed by atoms with Crippen LogP contribution in [-0.4, -0.2) is 21.1 Å². The lowest BCUT2D eigenvalue weighted by Crippen LogP contribution is -2.23. The zero-order chi connectivity index (χ0) is 22.1. The molecule has 7 heteroatoms. The number of carbonyl (C=O) groups excluding carboxylic acids is 1. The molecule has 5 rings (SSSR count). The number of thiophene rings is 2. The molecule has 0 atom stereocenters. The van der Waals surface area contributed by atoms with E-state index in [-0.39, 0.29) is 17.1 Å². The first-order valence-electron chi connectivity index (χ1n) is 9.97. The summed E-state index contributed by atoms with van der Waals surface area (Å²) in [5.74, 6) is 0.210. The highest BCUT2D eigenvalue weighted by Gasteiger charge is 2.18. The highest BCUT2D eigenvalue weighted by molar-refractivity contribution is 7.99. The van der Waals surface area contributed by atoms with E-state index in [1.807, 2.05) is 65.4 Å². The minimum Gasteiger partial charge on any atom is -0.293 e. The van der Waals surface area contributed by atoms with Crippen LogP contribution in [-0.2, 0) is 6.54 Å². The number of allylic oxidation sites excluding steroid dienone is 1. The number of aromatic nitrogens is 2. The van der Waals surface area contributed by atoms with Gasteiger partial charge in [-0.05, 0) is 28.3 Å². The van der Waals surface area contributed by atoms with Gasteiger partial charge in [0, 0.05) is 27.9 Å². The van der Waals surface area contributed by atoms with E-state index in [1.165, 1.54) is 23.1 Å². The summed E-state index contributed by atoms with van der Waals surface area (Å²) in [6.07, 6.45) is 1.68. The Morgan fingerprint density at radius 3 is 2.72 bits per heavy atom. The predicted octanol–water partition coefficient (Wildman–Crippen LogP) is 6.50. The molecule has 5 aromatic rings. The molecule has 2 aromatic carbocycles. The van der Waals surface area contributed by atoms with Crippen LogP contribution in [0.15, 0.2) is 88.0 Å². The van der Waals surface area contributed by atoms with Crippen molar-refractivity contribution < 1.29 is 4.79 Å². The summed E-state index contributed by atoms with van der Waals surface area (Å²) < 4.78 is 1.61. The predicted molar refractivity (Wildman–Crippen MR) is 136 cm³/mol. The largest absolute Gasteiger partial charge is 0.293 e. The van der Waals surface area contributed by atoms with Gasteiger partial charge in [-0.1, -0.05) is 60.3 Å². The normalized spacial score (nSPS) is 11.2. The van der Waals surface area contributed by atoms with Crippen molar-refractivity contribution in [1.82, 2.24) is 9.55 Å². The van der Waals surface area contributed by atoms with E-state index < -0.39 is 0 Å². The van der Waals surface area contributed by atoms with E-state index in [0.29, 0.717) is 27.5 Å². The summed E-state index contributed by atoms with van der Waals surface area (Å²) in [6.45, 7) is 4.13. The summed E-state index contributed by atoms with van der Waals surface area (Å²) in [7, 11) is 0. The van der Waals surface area contributed by atoms with Crippen molar-refractivity contribution in [2.45, 2.75) is 11.7 Å². The fraction of sp³-hybridized carbons (Fsp3) is 0.0800. The van der Waals surface area contributed by atoms with Crippen LogP contribution in [0.5, 0.6) is 0 Å². The summed E-state index contributed by atoms with van der Waals surface area (Å²) in [5, 5.41) is 7.28. The van der Waals surface area contributed by atoms with Gasteiger partial charge in [-0.15, -0.1) is 29.3 Å². The van der Waals surface area contributed by atoms with Gasteiger partial charge < -0.3 is 0 Å². The summed E-state index contributed by atoms with van der Waals surface area (Å²) in [5.41, 5.74) is 1.48. The van der Waals surface area contributed by atoms with Crippen LogP contribution in [0, 0.1) is 0 Å². The van der Waals surface area contributed by atoms with Crippen LogP contribution >= 0.6 is 34.4 Å². The zero-order valence-electron chi connectivity index (χ0n) is 17.0. The Bertz CT molecular complexity index is 1510. The molecular formula is C25H18N2O2S3. The van der Waals surface area contributed by atoms with Gasteiger partial charge in [-0.2, -0.15) is 0 Å². The number of benzene rings is 2. The standard InChI is InChI=1S/C25H18N2O2S3/c1-2-11-27-24(29)22-19(21-8-5-12-30-21)14-31-23(22)26-25(27)32-15-20(28)18-10-9-16-6-3-4-7-17(16)13-18/h2-10,12-14H,1,11,15H2. The second kappa shape index (κ2) is 8.86. The number of carbonyl (C=O) groups is 1. The Kier molecular flexibility index (Phi) is 5.78. The van der Waals surface area contributed by atoms with Crippen LogP contribution in [0.2, 0.25) is 0 Å². The minimum absolute atomic E-state index is 0.00528. The lowest BCUT2D eigenvalue weighted by molar-refractivity contribution is 0.102. The molecule has 3 heterocycles. The second-order valence-electron chi connectivity index (χ2n) is 7.18. The van der Waals surface area contributed by atoms with Gasteiger partial charge in [0.1, 0.15) is 4.83 Å². The van der Waals surface area contributed by atoms with E-state index in [9.17, 15) is 9.59 Å². The molecule has 0 spiro atoms. The maximum atomic E-state index is 13.4. The Morgan fingerprint density at radius 1 is 1.09 bits per heavy atom. The van der Waals surface area contributed by atoms with Gasteiger partial charge in [-0.3, -0.25) is 14.2 Å². The quantitative estimate of drug-likeness (QED) is 0.117. The number of thioether (sulfide) groups is 1. The third-order valence-corrected chi connectivity index (χ3v) is 7.91. The lowest BCUT2D eigenvalue weighted by Gasteiger charge is -2.10. The van der Waals surface area contributed by atoms with Crippen LogP contribution in [0.3, 0.4) is 0 Å². The third kappa shape index (κ3) is 3.83. The van der Waals surface area contributed by atoms with Crippen molar-refractivity contribution in [2.24, 2.45) is 0 Å². The van der Waals surface area contributed by atoms with Crippen molar-refractivity contribution in [3.8, 4) is 10.4 Å². The maximum Gasteiger partial charge on any atom is 0.263 e. The lowest BCUT2D eigenvalue weighted by atomic mass is 10.1. The molecule has 3 aromatic heterocycles. The van der Waals surface area contributed by atoms with Gasteiger partial charge >= 0.3 is 0 Å². The molecule has 158 valence electrons. The first kappa shape index (κ1) is 20.9. The molecule has 0 aliphatic heterocycles. The maximum absolute atomic E-state index is 13.4. The van der Waals surface area contributed by atoms with Gasteiger partial charge in [0.15, 0.2) is 10.9 Å². The number of hydrogen-bond donors (Lipinski definition) is 0. The van der Waals surface area contributed by atoms with Crippen molar-refractivity contribution in [1.29, 1.82) is 0 Å². The topological polar surface area (TPSA) is 52.0 Å². The average Bonchev–Trinajstić information content (AvgIpc) is 3.49. The number of Topliss-reactive ketones (excluding diaryl/α,β-unsaturated/α-hetero) is 1. The zero-order valence-corrected chi connectivity index (χ0v) is 19.4. The monoisotopic (exact) mass is 474 g/mol. The molecule has 0 saturated carbocycles. The average molecular weight is 475 g/mol. The Labute approximate surface area is 196 Å². The highest BCUT2D eigenvalue weighted by Crippen LogP contribution is 2.34. The van der Waals surface area contributed by atoms with Crippen LogP contribution in [0.4, 0.5) is 0 Å². The molecule has 0 amide bonds. The van der Waals surface area contributed by atoms with Crippen LogP contribution in [0.25, 0.3) is 31.4 Å². The molecule has 0 aliphatic carbocycles. The molecule has 0 unspecified atom stereocenters. The molecule has 0 saturated heterocycles. The van der Waals surface area contributed by atoms with E-state index in [2.05, 4.69) is 6.58 Å². The molecule has 0 aliphatic rings. The van der Waals surface area contributed by atoms with E-state index in [1.54, 1.807) is 22.0 Å². The summed E-state index contributed by atoms with van der Waals surface area (Å²) in [6, 6.07) is 17.7. The van der Waals surface area contributed by atoms with Crippen molar-refractivity contribution >= 4 is 61.2 Å². The molecule has 0 bridgehead atoms. The molecular weight excluding hydrogens is 456 g/mol. The number of nitrogens with zero attached hydrogens (tertiary/aromatic N) is 2.